The van der Waals surface area contributed by atoms with Crippen LogP contribution >= 0.6 is 0 Å². The minimum atomic E-state index is -0.595. The first-order valence-corrected chi connectivity index (χ1v) is 5.89. The number of carbonyl (C=O) groups excluding carboxylic acids is 3. The molecule has 0 spiro atoms. The van der Waals surface area contributed by atoms with Gasteiger partial charge in [0, 0.05) is 6.54 Å². The number of rotatable bonds is 8. The van der Waals surface area contributed by atoms with Crippen LogP contribution in [0.2, 0.25) is 0 Å². The first kappa shape index (κ1) is 16.4. The number of likely N-dealkylation sites (N-methyl/N-ethyl adjacent to an activating group) is 1. The zero-order valence-corrected chi connectivity index (χ0v) is 11.1. The topological polar surface area (TPSA) is 113 Å². The lowest BCUT2D eigenvalue weighted by Gasteiger charge is -2.18. The van der Waals surface area contributed by atoms with Gasteiger partial charge in [-0.3, -0.25) is 9.59 Å². The highest BCUT2D eigenvalue weighted by Gasteiger charge is 2.19. The van der Waals surface area contributed by atoms with Crippen molar-refractivity contribution in [2.45, 2.75) is 38.8 Å². The van der Waals surface area contributed by atoms with Crippen LogP contribution in [0.15, 0.2) is 0 Å². The first-order valence-electron chi connectivity index (χ1n) is 5.89. The van der Waals surface area contributed by atoms with E-state index in [4.69, 9.17) is 5.73 Å². The third-order valence-corrected chi connectivity index (χ3v) is 2.60. The summed E-state index contributed by atoms with van der Waals surface area (Å²) < 4.78 is 0. The number of primary amides is 1. The minimum absolute atomic E-state index is 0.106. The average Bonchev–Trinajstić information content (AvgIpc) is 2.30. The Morgan fingerprint density at radius 3 is 2.33 bits per heavy atom. The molecule has 0 heterocycles. The van der Waals surface area contributed by atoms with E-state index in [-0.39, 0.29) is 17.7 Å². The third-order valence-electron chi connectivity index (χ3n) is 2.60. The Morgan fingerprint density at radius 1 is 1.28 bits per heavy atom. The molecule has 0 aromatic heterocycles. The summed E-state index contributed by atoms with van der Waals surface area (Å²) in [5.41, 5.74) is 4.91. The Balaban J connectivity index is 4.11. The normalized spacial score (nSPS) is 13.5. The molecule has 2 atom stereocenters. The Kier molecular flexibility index (Phi) is 7.69. The van der Waals surface area contributed by atoms with Crippen LogP contribution in [0.1, 0.15) is 26.7 Å². The lowest BCUT2D eigenvalue weighted by Crippen LogP contribution is -2.47. The van der Waals surface area contributed by atoms with E-state index in [1.165, 1.54) is 6.92 Å². The summed E-state index contributed by atoms with van der Waals surface area (Å²) in [6, 6.07) is -1.47. The van der Waals surface area contributed by atoms with Crippen LogP contribution in [0.3, 0.4) is 0 Å². The molecule has 0 aliphatic rings. The molecule has 0 rings (SSSR count). The van der Waals surface area contributed by atoms with Gasteiger partial charge in [0.05, 0.1) is 12.1 Å². The van der Waals surface area contributed by atoms with Crippen molar-refractivity contribution >= 4 is 17.7 Å². The van der Waals surface area contributed by atoms with Gasteiger partial charge in [0.25, 0.3) is 0 Å². The SMILES string of the molecule is CN[C@@H](C)C(=O)N[C@@H](CCCNC(N)=O)C(C)=O. The molecule has 0 fully saturated rings. The Labute approximate surface area is 107 Å². The highest BCUT2D eigenvalue weighted by atomic mass is 16.2. The minimum Gasteiger partial charge on any atom is -0.352 e. The van der Waals surface area contributed by atoms with Crippen molar-refractivity contribution in [1.29, 1.82) is 0 Å². The van der Waals surface area contributed by atoms with Gasteiger partial charge in [-0.1, -0.05) is 0 Å². The second-order valence-corrected chi connectivity index (χ2v) is 4.12. The number of carbonyl (C=O) groups is 3. The zero-order chi connectivity index (χ0) is 14.1. The fourth-order valence-electron chi connectivity index (χ4n) is 1.32. The standard InChI is InChI=1S/C11H22N4O3/c1-7(13-3)10(17)15-9(8(2)16)5-4-6-14-11(12)18/h7,9,13H,4-6H2,1-3H3,(H,15,17)(H3,12,14,18)/t7-,9-/m0/s1. The molecule has 0 saturated heterocycles. The molecule has 0 bridgehead atoms. The van der Waals surface area contributed by atoms with E-state index in [2.05, 4.69) is 16.0 Å². The van der Waals surface area contributed by atoms with Crippen LogP contribution in [-0.2, 0) is 9.59 Å². The van der Waals surface area contributed by atoms with E-state index < -0.39 is 12.1 Å². The molecule has 0 aromatic carbocycles. The fraction of sp³-hybridized carbons (Fsp3) is 0.727. The van der Waals surface area contributed by atoms with Gasteiger partial charge < -0.3 is 21.7 Å². The second-order valence-electron chi connectivity index (χ2n) is 4.12. The maximum Gasteiger partial charge on any atom is 0.312 e. The molecule has 5 N–H and O–H groups in total. The maximum atomic E-state index is 11.6. The van der Waals surface area contributed by atoms with Gasteiger partial charge in [-0.2, -0.15) is 0 Å². The first-order chi connectivity index (χ1) is 8.38. The van der Waals surface area contributed by atoms with E-state index in [0.29, 0.717) is 19.4 Å². The number of nitrogens with two attached hydrogens (primary N) is 1. The Bertz CT molecular complexity index is 307. The Morgan fingerprint density at radius 2 is 1.89 bits per heavy atom. The van der Waals surface area contributed by atoms with Crippen molar-refractivity contribution in [3.8, 4) is 0 Å². The van der Waals surface area contributed by atoms with Crippen LogP contribution in [0.4, 0.5) is 4.79 Å². The summed E-state index contributed by atoms with van der Waals surface area (Å²) in [6.45, 7) is 3.52. The third kappa shape index (κ3) is 6.85. The van der Waals surface area contributed by atoms with Crippen molar-refractivity contribution in [2.75, 3.05) is 13.6 Å². The number of hydrogen-bond acceptors (Lipinski definition) is 4. The quantitative estimate of drug-likeness (QED) is 0.423. The summed E-state index contributed by atoms with van der Waals surface area (Å²) in [4.78, 5) is 33.4. The fourth-order valence-corrected chi connectivity index (χ4v) is 1.32. The van der Waals surface area contributed by atoms with Gasteiger partial charge in [0.15, 0.2) is 5.78 Å². The predicted molar refractivity (Wildman–Crippen MR) is 68.0 cm³/mol. The van der Waals surface area contributed by atoms with Crippen LogP contribution in [0, 0.1) is 0 Å². The van der Waals surface area contributed by atoms with Gasteiger partial charge in [-0.05, 0) is 33.7 Å². The molecular weight excluding hydrogens is 236 g/mol. The molecule has 18 heavy (non-hydrogen) atoms. The molecule has 104 valence electrons. The molecule has 3 amide bonds. The number of ketones is 1. The van der Waals surface area contributed by atoms with Gasteiger partial charge in [-0.25, -0.2) is 4.79 Å². The molecule has 7 heteroatoms. The Hall–Kier alpha value is -1.63. The molecule has 0 aliphatic heterocycles. The number of hydrogen-bond donors (Lipinski definition) is 4. The molecular formula is C11H22N4O3. The van der Waals surface area contributed by atoms with E-state index in [9.17, 15) is 14.4 Å². The lowest BCUT2D eigenvalue weighted by molar-refractivity contribution is -0.128. The number of urea groups is 1. The van der Waals surface area contributed by atoms with Crippen molar-refractivity contribution in [1.82, 2.24) is 16.0 Å². The molecule has 0 aliphatic carbocycles. The average molecular weight is 258 g/mol. The largest absolute Gasteiger partial charge is 0.352 e. The van der Waals surface area contributed by atoms with Gasteiger partial charge in [-0.15, -0.1) is 0 Å². The van der Waals surface area contributed by atoms with Crippen LogP contribution < -0.4 is 21.7 Å². The summed E-state index contributed by atoms with van der Waals surface area (Å²) in [7, 11) is 1.67. The van der Waals surface area contributed by atoms with Gasteiger partial charge in [0.1, 0.15) is 0 Å². The second kappa shape index (κ2) is 8.46. The van der Waals surface area contributed by atoms with Gasteiger partial charge in [0.2, 0.25) is 5.91 Å². The number of amides is 3. The summed E-state index contributed by atoms with van der Waals surface area (Å²) in [6.07, 6.45) is 1.04. The molecule has 0 unspecified atom stereocenters. The monoisotopic (exact) mass is 258 g/mol. The van der Waals surface area contributed by atoms with Crippen molar-refractivity contribution in [3.63, 3.8) is 0 Å². The van der Waals surface area contributed by atoms with E-state index in [1.807, 2.05) is 0 Å². The molecule has 0 saturated carbocycles. The number of Topliss-reactive ketones (excluding diaryl/α,β-unsaturated/α-hetero) is 1. The van der Waals surface area contributed by atoms with Crippen molar-refractivity contribution in [3.05, 3.63) is 0 Å². The smallest absolute Gasteiger partial charge is 0.312 e. The molecule has 0 aromatic rings. The highest BCUT2D eigenvalue weighted by molar-refractivity contribution is 5.89. The molecule has 7 nitrogen and oxygen atoms in total. The summed E-state index contributed by atoms with van der Waals surface area (Å²) in [5.74, 6) is -0.328. The summed E-state index contributed by atoms with van der Waals surface area (Å²) >= 11 is 0. The van der Waals surface area contributed by atoms with Crippen molar-refractivity contribution in [2.24, 2.45) is 5.73 Å². The highest BCUT2D eigenvalue weighted by Crippen LogP contribution is 1.99. The molecule has 0 radical (unpaired) electrons. The lowest BCUT2D eigenvalue weighted by atomic mass is 10.1. The van der Waals surface area contributed by atoms with E-state index in [1.54, 1.807) is 14.0 Å². The predicted octanol–water partition coefficient (Wildman–Crippen LogP) is -0.883. The van der Waals surface area contributed by atoms with E-state index >= 15 is 0 Å². The van der Waals surface area contributed by atoms with Crippen LogP contribution in [-0.4, -0.2) is 43.4 Å². The van der Waals surface area contributed by atoms with E-state index in [0.717, 1.165) is 0 Å². The van der Waals surface area contributed by atoms with Crippen molar-refractivity contribution < 1.29 is 14.4 Å². The zero-order valence-electron chi connectivity index (χ0n) is 11.1. The van der Waals surface area contributed by atoms with Crippen LogP contribution in [0.5, 0.6) is 0 Å². The summed E-state index contributed by atoms with van der Waals surface area (Å²) in [5, 5.41) is 7.88. The maximum absolute atomic E-state index is 11.6. The van der Waals surface area contributed by atoms with Gasteiger partial charge >= 0.3 is 6.03 Å². The van der Waals surface area contributed by atoms with Crippen LogP contribution in [0.25, 0.3) is 0 Å². The number of nitrogens with one attached hydrogen (secondary N) is 3.